The molecule has 12 heavy (non-hydrogen) atoms. The summed E-state index contributed by atoms with van der Waals surface area (Å²) in [6.07, 6.45) is 5.80. The van der Waals surface area contributed by atoms with Crippen LogP contribution in [0.1, 0.15) is 40.0 Å². The van der Waals surface area contributed by atoms with Crippen LogP contribution < -0.4 is 0 Å². The van der Waals surface area contributed by atoms with Gasteiger partial charge in [-0.1, -0.05) is 6.08 Å². The highest BCUT2D eigenvalue weighted by Crippen LogP contribution is 2.41. The highest BCUT2D eigenvalue weighted by atomic mass is 16.5. The third-order valence-corrected chi connectivity index (χ3v) is 2.59. The van der Waals surface area contributed by atoms with Crippen LogP contribution in [-0.4, -0.2) is 5.60 Å². The molecule has 0 unspecified atom stereocenters. The molecule has 2 aliphatic rings. The van der Waals surface area contributed by atoms with E-state index in [1.165, 1.54) is 29.7 Å². The van der Waals surface area contributed by atoms with E-state index in [4.69, 9.17) is 4.74 Å². The van der Waals surface area contributed by atoms with Gasteiger partial charge in [0.25, 0.3) is 0 Å². The molecule has 0 bridgehead atoms. The Bertz CT molecular complexity index is 269. The fourth-order valence-corrected chi connectivity index (χ4v) is 2.10. The molecule has 0 N–H and O–H groups in total. The Morgan fingerprint density at radius 1 is 1.42 bits per heavy atom. The van der Waals surface area contributed by atoms with Crippen LogP contribution in [0.4, 0.5) is 0 Å². The molecule has 0 saturated carbocycles. The lowest BCUT2D eigenvalue weighted by atomic mass is 9.93. The molecule has 1 aliphatic carbocycles. The lowest BCUT2D eigenvalue weighted by Gasteiger charge is -2.19. The molecule has 1 heterocycles. The molecular formula is C11H16O. The van der Waals surface area contributed by atoms with Crippen molar-refractivity contribution in [3.63, 3.8) is 0 Å². The molecule has 1 nitrogen and oxygen atoms in total. The van der Waals surface area contributed by atoms with E-state index in [0.29, 0.717) is 0 Å². The minimum Gasteiger partial charge on any atom is -0.487 e. The average molecular weight is 164 g/mol. The maximum absolute atomic E-state index is 5.88. The Labute approximate surface area is 74.1 Å². The molecule has 0 aromatic heterocycles. The number of ether oxygens (including phenoxy) is 1. The van der Waals surface area contributed by atoms with Crippen LogP contribution >= 0.6 is 0 Å². The highest BCUT2D eigenvalue weighted by molar-refractivity contribution is 5.36. The summed E-state index contributed by atoms with van der Waals surface area (Å²) in [6.45, 7) is 6.48. The Kier molecular flexibility index (Phi) is 1.57. The fraction of sp³-hybridized carbons (Fsp3) is 0.636. The monoisotopic (exact) mass is 164 g/mol. The number of rotatable bonds is 0. The molecule has 0 amide bonds. The summed E-state index contributed by atoms with van der Waals surface area (Å²) < 4.78 is 5.88. The van der Waals surface area contributed by atoms with Crippen molar-refractivity contribution in [2.24, 2.45) is 0 Å². The van der Waals surface area contributed by atoms with Gasteiger partial charge < -0.3 is 4.74 Å². The summed E-state index contributed by atoms with van der Waals surface area (Å²) in [6, 6.07) is 0. The van der Waals surface area contributed by atoms with Crippen molar-refractivity contribution in [1.82, 2.24) is 0 Å². The predicted molar refractivity (Wildman–Crippen MR) is 49.8 cm³/mol. The molecule has 0 saturated heterocycles. The summed E-state index contributed by atoms with van der Waals surface area (Å²) >= 11 is 0. The summed E-state index contributed by atoms with van der Waals surface area (Å²) in [5, 5.41) is 0. The van der Waals surface area contributed by atoms with E-state index in [9.17, 15) is 0 Å². The summed E-state index contributed by atoms with van der Waals surface area (Å²) in [5.41, 5.74) is 2.91. The van der Waals surface area contributed by atoms with Gasteiger partial charge in [0.05, 0.1) is 0 Å². The van der Waals surface area contributed by atoms with E-state index in [1.807, 2.05) is 0 Å². The summed E-state index contributed by atoms with van der Waals surface area (Å²) in [7, 11) is 0. The summed E-state index contributed by atoms with van der Waals surface area (Å²) in [4.78, 5) is 0. The highest BCUT2D eigenvalue weighted by Gasteiger charge is 2.33. The van der Waals surface area contributed by atoms with Gasteiger partial charge in [-0.2, -0.15) is 0 Å². The van der Waals surface area contributed by atoms with Gasteiger partial charge in [0.15, 0.2) is 0 Å². The molecular weight excluding hydrogens is 148 g/mol. The molecule has 0 spiro atoms. The van der Waals surface area contributed by atoms with E-state index in [1.54, 1.807) is 0 Å². The SMILES string of the molecule is CC1=CCCC2=C1OC(C)(C)C2. The van der Waals surface area contributed by atoms with Crippen molar-refractivity contribution in [2.75, 3.05) is 0 Å². The molecule has 1 aliphatic heterocycles. The molecule has 0 atom stereocenters. The zero-order chi connectivity index (χ0) is 8.77. The standard InChI is InChI=1S/C11H16O/c1-8-5-4-6-9-7-11(2,3)12-10(8)9/h5H,4,6-7H2,1-3H3. The summed E-state index contributed by atoms with van der Waals surface area (Å²) in [5.74, 6) is 1.19. The molecule has 0 radical (unpaired) electrons. The number of hydrogen-bond donors (Lipinski definition) is 0. The van der Waals surface area contributed by atoms with Gasteiger partial charge in [-0.05, 0) is 44.8 Å². The topological polar surface area (TPSA) is 9.23 Å². The van der Waals surface area contributed by atoms with Crippen molar-refractivity contribution < 1.29 is 4.74 Å². The third kappa shape index (κ3) is 1.17. The molecule has 0 aromatic carbocycles. The maximum Gasteiger partial charge on any atom is 0.122 e. The van der Waals surface area contributed by atoms with Gasteiger partial charge in [0, 0.05) is 6.42 Å². The van der Waals surface area contributed by atoms with Crippen LogP contribution in [0.25, 0.3) is 0 Å². The van der Waals surface area contributed by atoms with Crippen LogP contribution in [-0.2, 0) is 4.74 Å². The Hall–Kier alpha value is -0.720. The lowest BCUT2D eigenvalue weighted by Crippen LogP contribution is -2.17. The molecule has 2 rings (SSSR count). The first-order chi connectivity index (χ1) is 5.58. The van der Waals surface area contributed by atoms with Gasteiger partial charge in [-0.25, -0.2) is 0 Å². The average Bonchev–Trinajstić information content (AvgIpc) is 2.25. The van der Waals surface area contributed by atoms with Crippen LogP contribution in [0, 0.1) is 0 Å². The molecule has 1 heteroatoms. The number of allylic oxidation sites excluding steroid dienone is 2. The first-order valence-electron chi connectivity index (χ1n) is 4.67. The van der Waals surface area contributed by atoms with Gasteiger partial charge in [0.2, 0.25) is 0 Å². The molecule has 0 aromatic rings. The third-order valence-electron chi connectivity index (χ3n) is 2.59. The fourth-order valence-electron chi connectivity index (χ4n) is 2.10. The van der Waals surface area contributed by atoms with Gasteiger partial charge in [-0.3, -0.25) is 0 Å². The van der Waals surface area contributed by atoms with E-state index in [-0.39, 0.29) is 5.60 Å². The van der Waals surface area contributed by atoms with Gasteiger partial charge >= 0.3 is 0 Å². The van der Waals surface area contributed by atoms with Crippen molar-refractivity contribution in [3.8, 4) is 0 Å². The smallest absolute Gasteiger partial charge is 0.122 e. The van der Waals surface area contributed by atoms with Crippen LogP contribution in [0.15, 0.2) is 23.0 Å². The quantitative estimate of drug-likeness (QED) is 0.534. The Morgan fingerprint density at radius 3 is 2.83 bits per heavy atom. The Balaban J connectivity index is 2.29. The second-order valence-corrected chi connectivity index (χ2v) is 4.40. The predicted octanol–water partition coefficient (Wildman–Crippen LogP) is 3.18. The normalized spacial score (nSPS) is 26.4. The van der Waals surface area contributed by atoms with Gasteiger partial charge in [0.1, 0.15) is 11.4 Å². The van der Waals surface area contributed by atoms with Crippen molar-refractivity contribution >= 4 is 0 Å². The second-order valence-electron chi connectivity index (χ2n) is 4.40. The second kappa shape index (κ2) is 2.38. The van der Waals surface area contributed by atoms with Crippen molar-refractivity contribution in [2.45, 2.75) is 45.6 Å². The lowest BCUT2D eigenvalue weighted by molar-refractivity contribution is 0.0660. The molecule has 66 valence electrons. The van der Waals surface area contributed by atoms with Crippen molar-refractivity contribution in [1.29, 1.82) is 0 Å². The Morgan fingerprint density at radius 2 is 2.17 bits per heavy atom. The van der Waals surface area contributed by atoms with E-state index in [2.05, 4.69) is 26.8 Å². The number of hydrogen-bond acceptors (Lipinski definition) is 1. The van der Waals surface area contributed by atoms with E-state index < -0.39 is 0 Å². The zero-order valence-electron chi connectivity index (χ0n) is 8.11. The largest absolute Gasteiger partial charge is 0.487 e. The van der Waals surface area contributed by atoms with Crippen LogP contribution in [0.2, 0.25) is 0 Å². The van der Waals surface area contributed by atoms with E-state index in [0.717, 1.165) is 6.42 Å². The van der Waals surface area contributed by atoms with Crippen molar-refractivity contribution in [3.05, 3.63) is 23.0 Å². The van der Waals surface area contributed by atoms with Gasteiger partial charge in [-0.15, -0.1) is 0 Å². The van der Waals surface area contributed by atoms with E-state index >= 15 is 0 Å². The zero-order valence-corrected chi connectivity index (χ0v) is 8.11. The molecule has 0 fully saturated rings. The minimum absolute atomic E-state index is 0.0457. The van der Waals surface area contributed by atoms with Crippen LogP contribution in [0.3, 0.4) is 0 Å². The first-order valence-corrected chi connectivity index (χ1v) is 4.67. The van der Waals surface area contributed by atoms with Crippen LogP contribution in [0.5, 0.6) is 0 Å². The minimum atomic E-state index is 0.0457. The first kappa shape index (κ1) is 7.90. The maximum atomic E-state index is 5.88.